The molecule has 4 heteroatoms. The molecule has 0 aliphatic carbocycles. The molecule has 0 saturated carbocycles. The van der Waals surface area contributed by atoms with Gasteiger partial charge < -0.3 is 10.2 Å². The Bertz CT molecular complexity index is 418. The fourth-order valence-electron chi connectivity index (χ4n) is 2.25. The van der Waals surface area contributed by atoms with Crippen molar-refractivity contribution in [3.05, 3.63) is 29.8 Å². The highest BCUT2D eigenvalue weighted by Crippen LogP contribution is 2.17. The van der Waals surface area contributed by atoms with Gasteiger partial charge in [0, 0.05) is 46.3 Å². The van der Waals surface area contributed by atoms with Crippen molar-refractivity contribution in [1.82, 2.24) is 10.2 Å². The van der Waals surface area contributed by atoms with E-state index in [0.717, 1.165) is 50.5 Å². The summed E-state index contributed by atoms with van der Waals surface area (Å²) in [6, 6.07) is 10.0. The summed E-state index contributed by atoms with van der Waals surface area (Å²) in [5, 5.41) is 12.4. The Morgan fingerprint density at radius 1 is 1.33 bits per heavy atom. The second-order valence-corrected chi connectivity index (χ2v) is 4.64. The van der Waals surface area contributed by atoms with Crippen LogP contribution in [0, 0.1) is 11.3 Å². The van der Waals surface area contributed by atoms with Crippen molar-refractivity contribution in [1.29, 1.82) is 5.26 Å². The van der Waals surface area contributed by atoms with E-state index in [2.05, 4.69) is 28.2 Å². The number of anilines is 1. The first-order chi connectivity index (χ1) is 8.81. The Kier molecular flexibility index (Phi) is 4.57. The van der Waals surface area contributed by atoms with Crippen molar-refractivity contribution in [2.75, 3.05) is 51.2 Å². The van der Waals surface area contributed by atoms with E-state index in [1.807, 2.05) is 24.3 Å². The van der Waals surface area contributed by atoms with Gasteiger partial charge in [-0.3, -0.25) is 4.90 Å². The molecule has 0 spiro atoms. The molecule has 0 bridgehead atoms. The van der Waals surface area contributed by atoms with Crippen LogP contribution in [-0.4, -0.2) is 51.2 Å². The quantitative estimate of drug-likeness (QED) is 0.854. The van der Waals surface area contributed by atoms with E-state index in [9.17, 15) is 0 Å². The summed E-state index contributed by atoms with van der Waals surface area (Å²) in [5.41, 5.74) is 1.77. The van der Waals surface area contributed by atoms with Gasteiger partial charge in [-0.1, -0.05) is 12.1 Å². The van der Waals surface area contributed by atoms with Crippen molar-refractivity contribution in [2.45, 2.75) is 0 Å². The third-order valence-electron chi connectivity index (χ3n) is 3.40. The van der Waals surface area contributed by atoms with Crippen molar-refractivity contribution >= 4 is 5.69 Å². The van der Waals surface area contributed by atoms with Crippen LogP contribution in [0.2, 0.25) is 0 Å². The van der Waals surface area contributed by atoms with Crippen LogP contribution in [0.3, 0.4) is 0 Å². The number of piperazine rings is 1. The lowest BCUT2D eigenvalue weighted by molar-refractivity contribution is 0.246. The van der Waals surface area contributed by atoms with Crippen molar-refractivity contribution in [2.24, 2.45) is 0 Å². The van der Waals surface area contributed by atoms with Gasteiger partial charge in [-0.25, -0.2) is 0 Å². The Balaban J connectivity index is 1.91. The first-order valence-corrected chi connectivity index (χ1v) is 6.44. The fraction of sp³-hybridized carbons (Fsp3) is 0.500. The van der Waals surface area contributed by atoms with E-state index in [0.29, 0.717) is 0 Å². The van der Waals surface area contributed by atoms with E-state index in [1.54, 1.807) is 0 Å². The van der Waals surface area contributed by atoms with Gasteiger partial charge in [-0.2, -0.15) is 5.26 Å². The highest BCUT2D eigenvalue weighted by molar-refractivity contribution is 5.58. The molecule has 1 N–H and O–H groups in total. The predicted octanol–water partition coefficient (Wildman–Crippen LogP) is 0.900. The minimum atomic E-state index is 0.750. The molecule has 0 atom stereocenters. The standard InChI is InChI=1S/C14H20N4/c1-17(10-11-18-8-6-16-7-9-18)14-5-3-2-4-13(14)12-15/h2-5,16H,6-11H2,1H3. The minimum Gasteiger partial charge on any atom is -0.372 e. The van der Waals surface area contributed by atoms with Crippen LogP contribution in [0.15, 0.2) is 24.3 Å². The molecule has 0 amide bonds. The molecule has 96 valence electrons. The van der Waals surface area contributed by atoms with Crippen LogP contribution in [0.1, 0.15) is 5.56 Å². The normalized spacial score (nSPS) is 16.2. The van der Waals surface area contributed by atoms with Gasteiger partial charge in [0.25, 0.3) is 0 Å². The van der Waals surface area contributed by atoms with Gasteiger partial charge in [0.15, 0.2) is 0 Å². The SMILES string of the molecule is CN(CCN1CCNCC1)c1ccccc1C#N. The lowest BCUT2D eigenvalue weighted by atomic mass is 10.2. The molecule has 1 aromatic carbocycles. The zero-order chi connectivity index (χ0) is 12.8. The second-order valence-electron chi connectivity index (χ2n) is 4.64. The number of hydrogen-bond donors (Lipinski definition) is 1. The van der Waals surface area contributed by atoms with E-state index in [4.69, 9.17) is 5.26 Å². The van der Waals surface area contributed by atoms with E-state index in [-0.39, 0.29) is 0 Å². The van der Waals surface area contributed by atoms with Gasteiger partial charge in [0.05, 0.1) is 11.3 Å². The summed E-state index contributed by atoms with van der Waals surface area (Å²) in [6.07, 6.45) is 0. The zero-order valence-electron chi connectivity index (χ0n) is 10.9. The molecule has 1 fully saturated rings. The summed E-state index contributed by atoms with van der Waals surface area (Å²) in [5.74, 6) is 0. The average Bonchev–Trinajstić information content (AvgIpc) is 2.45. The van der Waals surface area contributed by atoms with Gasteiger partial charge in [-0.05, 0) is 12.1 Å². The molecule has 1 heterocycles. The van der Waals surface area contributed by atoms with Crippen LogP contribution in [0.5, 0.6) is 0 Å². The molecule has 1 aromatic rings. The van der Waals surface area contributed by atoms with Crippen molar-refractivity contribution < 1.29 is 0 Å². The summed E-state index contributed by atoms with van der Waals surface area (Å²) in [4.78, 5) is 4.63. The van der Waals surface area contributed by atoms with Crippen LogP contribution >= 0.6 is 0 Å². The zero-order valence-corrected chi connectivity index (χ0v) is 10.9. The van der Waals surface area contributed by atoms with Crippen LogP contribution in [-0.2, 0) is 0 Å². The van der Waals surface area contributed by atoms with Gasteiger partial charge in [0.2, 0.25) is 0 Å². The molecular formula is C14H20N4. The molecule has 0 aromatic heterocycles. The molecule has 1 aliphatic rings. The van der Waals surface area contributed by atoms with Crippen molar-refractivity contribution in [3.63, 3.8) is 0 Å². The van der Waals surface area contributed by atoms with Crippen molar-refractivity contribution in [3.8, 4) is 6.07 Å². The Morgan fingerprint density at radius 2 is 2.06 bits per heavy atom. The topological polar surface area (TPSA) is 42.3 Å². The first-order valence-electron chi connectivity index (χ1n) is 6.44. The summed E-state index contributed by atoms with van der Waals surface area (Å²) < 4.78 is 0. The lowest BCUT2D eigenvalue weighted by Crippen LogP contribution is -2.46. The smallest absolute Gasteiger partial charge is 0.101 e. The fourth-order valence-corrected chi connectivity index (χ4v) is 2.25. The number of benzene rings is 1. The van der Waals surface area contributed by atoms with Gasteiger partial charge in [-0.15, -0.1) is 0 Å². The highest BCUT2D eigenvalue weighted by Gasteiger charge is 2.11. The third kappa shape index (κ3) is 3.22. The largest absolute Gasteiger partial charge is 0.372 e. The number of likely N-dealkylation sites (N-methyl/N-ethyl adjacent to an activating group) is 1. The monoisotopic (exact) mass is 244 g/mol. The summed E-state index contributed by atoms with van der Waals surface area (Å²) >= 11 is 0. The number of nitrogens with zero attached hydrogens (tertiary/aromatic N) is 3. The molecular weight excluding hydrogens is 224 g/mol. The van der Waals surface area contributed by atoms with Crippen LogP contribution < -0.4 is 10.2 Å². The first kappa shape index (κ1) is 12.9. The molecule has 1 aliphatic heterocycles. The van der Waals surface area contributed by atoms with Gasteiger partial charge >= 0.3 is 0 Å². The van der Waals surface area contributed by atoms with E-state index >= 15 is 0 Å². The van der Waals surface area contributed by atoms with E-state index < -0.39 is 0 Å². The highest BCUT2D eigenvalue weighted by atomic mass is 15.2. The van der Waals surface area contributed by atoms with Crippen LogP contribution in [0.25, 0.3) is 0 Å². The maximum atomic E-state index is 9.09. The Labute approximate surface area is 109 Å². The minimum absolute atomic E-state index is 0.750. The van der Waals surface area contributed by atoms with Crippen LogP contribution in [0.4, 0.5) is 5.69 Å². The van der Waals surface area contributed by atoms with Gasteiger partial charge in [0.1, 0.15) is 6.07 Å². The number of nitrogens with one attached hydrogen (secondary N) is 1. The molecule has 0 unspecified atom stereocenters. The number of hydrogen-bond acceptors (Lipinski definition) is 4. The predicted molar refractivity (Wildman–Crippen MR) is 73.7 cm³/mol. The maximum absolute atomic E-state index is 9.09. The lowest BCUT2D eigenvalue weighted by Gasteiger charge is -2.30. The average molecular weight is 244 g/mol. The Hall–Kier alpha value is -1.57. The summed E-state index contributed by atoms with van der Waals surface area (Å²) in [6.45, 7) is 6.41. The number of para-hydroxylation sites is 1. The molecule has 18 heavy (non-hydrogen) atoms. The molecule has 0 radical (unpaired) electrons. The molecule has 1 saturated heterocycles. The molecule has 4 nitrogen and oxygen atoms in total. The molecule has 2 rings (SSSR count). The summed E-state index contributed by atoms with van der Waals surface area (Å²) in [7, 11) is 2.05. The number of rotatable bonds is 4. The number of nitriles is 1. The van der Waals surface area contributed by atoms with E-state index in [1.165, 1.54) is 0 Å². The third-order valence-corrected chi connectivity index (χ3v) is 3.40. The Morgan fingerprint density at radius 3 is 2.78 bits per heavy atom. The maximum Gasteiger partial charge on any atom is 0.101 e. The second kappa shape index (κ2) is 6.39.